The number of carbonyl (C=O) groups is 2. The Morgan fingerprint density at radius 2 is 1.61 bits per heavy atom. The summed E-state index contributed by atoms with van der Waals surface area (Å²) >= 11 is 3.37. The van der Waals surface area contributed by atoms with E-state index in [2.05, 4.69) is 21.2 Å². The smallest absolute Gasteiger partial charge is 0.256 e. The number of halogens is 1. The van der Waals surface area contributed by atoms with Crippen molar-refractivity contribution in [2.24, 2.45) is 0 Å². The topological polar surface area (TPSA) is 55.4 Å². The van der Waals surface area contributed by atoms with Crippen LogP contribution >= 0.6 is 15.9 Å². The molecule has 140 valence electrons. The Morgan fingerprint density at radius 1 is 0.929 bits per heavy atom. The van der Waals surface area contributed by atoms with E-state index in [1.54, 1.807) is 49.6 Å². The minimum absolute atomic E-state index is 0.112. The van der Waals surface area contributed by atoms with Crippen molar-refractivity contribution < 1.29 is 14.3 Å². The Kier molecular flexibility index (Phi) is 6.40. The zero-order chi connectivity index (χ0) is 19.9. The number of hydrogen-bond acceptors (Lipinski definition) is 3. The van der Waals surface area contributed by atoms with Crippen LogP contribution in [0.2, 0.25) is 0 Å². The molecule has 0 aliphatic carbocycles. The van der Waals surface area contributed by atoms with E-state index in [0.717, 1.165) is 15.8 Å². The molecule has 0 aromatic heterocycles. The van der Waals surface area contributed by atoms with Crippen molar-refractivity contribution >= 4 is 39.4 Å². The molecule has 5 heteroatoms. The molecule has 0 heterocycles. The van der Waals surface area contributed by atoms with Gasteiger partial charge in [0.15, 0.2) is 5.78 Å². The van der Waals surface area contributed by atoms with Crippen LogP contribution in [0.25, 0.3) is 6.08 Å². The van der Waals surface area contributed by atoms with Crippen molar-refractivity contribution in [3.63, 3.8) is 0 Å². The van der Waals surface area contributed by atoms with Crippen LogP contribution in [0.5, 0.6) is 5.75 Å². The number of allylic oxidation sites excluding steroid dienone is 1. The molecular formula is C23H18BrNO3. The first-order valence-corrected chi connectivity index (χ1v) is 9.38. The van der Waals surface area contributed by atoms with Crippen molar-refractivity contribution in [2.45, 2.75) is 0 Å². The molecule has 3 rings (SSSR count). The van der Waals surface area contributed by atoms with Crippen molar-refractivity contribution in [2.75, 3.05) is 12.4 Å². The van der Waals surface area contributed by atoms with Gasteiger partial charge in [0.25, 0.3) is 5.91 Å². The number of hydrogen-bond donors (Lipinski definition) is 1. The summed E-state index contributed by atoms with van der Waals surface area (Å²) in [5.41, 5.74) is 2.62. The SMILES string of the molecule is COc1ccc(C=CC(=O)c2ccc(NC(=O)c3ccccc3Br)cc2)cc1. The van der Waals surface area contributed by atoms with Gasteiger partial charge in [0, 0.05) is 15.7 Å². The predicted molar refractivity (Wildman–Crippen MR) is 115 cm³/mol. The summed E-state index contributed by atoms with van der Waals surface area (Å²) in [5, 5.41) is 2.82. The molecular weight excluding hydrogens is 418 g/mol. The first-order chi connectivity index (χ1) is 13.6. The van der Waals surface area contributed by atoms with Crippen LogP contribution in [0, 0.1) is 0 Å². The van der Waals surface area contributed by atoms with Gasteiger partial charge in [-0.1, -0.05) is 30.3 Å². The number of anilines is 1. The summed E-state index contributed by atoms with van der Waals surface area (Å²) < 4.78 is 5.84. The van der Waals surface area contributed by atoms with Crippen LogP contribution in [0.1, 0.15) is 26.3 Å². The molecule has 0 spiro atoms. The second kappa shape index (κ2) is 9.15. The van der Waals surface area contributed by atoms with Gasteiger partial charge in [-0.3, -0.25) is 9.59 Å². The van der Waals surface area contributed by atoms with Crippen molar-refractivity contribution in [3.8, 4) is 5.75 Å². The van der Waals surface area contributed by atoms with Crippen LogP contribution in [-0.2, 0) is 0 Å². The van der Waals surface area contributed by atoms with Gasteiger partial charge in [0.05, 0.1) is 12.7 Å². The summed E-state index contributed by atoms with van der Waals surface area (Å²) in [6, 6.07) is 21.4. The fraction of sp³-hybridized carbons (Fsp3) is 0.0435. The quantitative estimate of drug-likeness (QED) is 0.404. The molecule has 3 aromatic carbocycles. The molecule has 0 aliphatic rings. The third kappa shape index (κ3) is 4.96. The van der Waals surface area contributed by atoms with Gasteiger partial charge < -0.3 is 10.1 Å². The van der Waals surface area contributed by atoms with E-state index in [9.17, 15) is 9.59 Å². The van der Waals surface area contributed by atoms with Gasteiger partial charge in [-0.05, 0) is 76.1 Å². The molecule has 28 heavy (non-hydrogen) atoms. The maximum absolute atomic E-state index is 12.3. The maximum Gasteiger partial charge on any atom is 0.256 e. The van der Waals surface area contributed by atoms with Crippen LogP contribution < -0.4 is 10.1 Å². The largest absolute Gasteiger partial charge is 0.497 e. The molecule has 0 atom stereocenters. The highest BCUT2D eigenvalue weighted by Gasteiger charge is 2.10. The number of methoxy groups -OCH3 is 1. The predicted octanol–water partition coefficient (Wildman–Crippen LogP) is 5.61. The third-order valence-electron chi connectivity index (χ3n) is 4.09. The number of amides is 1. The zero-order valence-corrected chi connectivity index (χ0v) is 16.8. The highest BCUT2D eigenvalue weighted by Crippen LogP contribution is 2.19. The Labute approximate surface area is 172 Å². The lowest BCUT2D eigenvalue weighted by molar-refractivity contribution is 0.102. The normalized spacial score (nSPS) is 10.6. The minimum Gasteiger partial charge on any atom is -0.497 e. The lowest BCUT2D eigenvalue weighted by Gasteiger charge is -2.07. The second-order valence-electron chi connectivity index (χ2n) is 5.98. The average molecular weight is 436 g/mol. The molecule has 4 nitrogen and oxygen atoms in total. The summed E-state index contributed by atoms with van der Waals surface area (Å²) in [4.78, 5) is 24.7. The number of nitrogens with one attached hydrogen (secondary N) is 1. The van der Waals surface area contributed by atoms with E-state index in [0.29, 0.717) is 16.8 Å². The molecule has 0 bridgehead atoms. The van der Waals surface area contributed by atoms with Crippen molar-refractivity contribution in [3.05, 3.63) is 100 Å². The van der Waals surface area contributed by atoms with Crippen molar-refractivity contribution in [1.29, 1.82) is 0 Å². The van der Waals surface area contributed by atoms with E-state index >= 15 is 0 Å². The van der Waals surface area contributed by atoms with E-state index in [1.807, 2.05) is 36.4 Å². The van der Waals surface area contributed by atoms with Gasteiger partial charge in [0.1, 0.15) is 5.75 Å². The summed E-state index contributed by atoms with van der Waals surface area (Å²) in [7, 11) is 1.61. The lowest BCUT2D eigenvalue weighted by Crippen LogP contribution is -2.12. The monoisotopic (exact) mass is 435 g/mol. The number of carbonyl (C=O) groups excluding carboxylic acids is 2. The summed E-state index contributed by atoms with van der Waals surface area (Å²) in [6.07, 6.45) is 3.28. The lowest BCUT2D eigenvalue weighted by atomic mass is 10.1. The minimum atomic E-state index is -0.217. The highest BCUT2D eigenvalue weighted by atomic mass is 79.9. The van der Waals surface area contributed by atoms with E-state index in [4.69, 9.17) is 4.74 Å². The molecule has 0 saturated heterocycles. The molecule has 3 aromatic rings. The molecule has 1 amide bonds. The molecule has 0 radical (unpaired) electrons. The first kappa shape index (κ1) is 19.6. The molecule has 0 aliphatic heterocycles. The van der Waals surface area contributed by atoms with E-state index in [-0.39, 0.29) is 11.7 Å². The van der Waals surface area contributed by atoms with Crippen LogP contribution in [0.4, 0.5) is 5.69 Å². The Morgan fingerprint density at radius 3 is 2.25 bits per heavy atom. The average Bonchev–Trinajstić information content (AvgIpc) is 2.73. The number of ketones is 1. The third-order valence-corrected chi connectivity index (χ3v) is 4.78. The second-order valence-corrected chi connectivity index (χ2v) is 6.84. The molecule has 0 saturated carbocycles. The fourth-order valence-electron chi connectivity index (χ4n) is 2.54. The van der Waals surface area contributed by atoms with E-state index in [1.165, 1.54) is 6.08 Å². The van der Waals surface area contributed by atoms with Gasteiger partial charge in [-0.25, -0.2) is 0 Å². The van der Waals surface area contributed by atoms with Gasteiger partial charge in [0.2, 0.25) is 0 Å². The van der Waals surface area contributed by atoms with Crippen LogP contribution in [0.15, 0.2) is 83.3 Å². The number of benzene rings is 3. The Hall–Kier alpha value is -3.18. The summed E-state index contributed by atoms with van der Waals surface area (Å²) in [6.45, 7) is 0. The molecule has 0 unspecified atom stereocenters. The number of rotatable bonds is 6. The Bertz CT molecular complexity index is 1010. The molecule has 1 N–H and O–H groups in total. The van der Waals surface area contributed by atoms with Gasteiger partial charge in [-0.15, -0.1) is 0 Å². The fourth-order valence-corrected chi connectivity index (χ4v) is 3.01. The standard InChI is InChI=1S/C23H18BrNO3/c1-28-19-13-6-16(7-14-19)8-15-22(26)17-9-11-18(12-10-17)25-23(27)20-4-2-3-5-21(20)24/h2-15H,1H3,(H,25,27). The van der Waals surface area contributed by atoms with Gasteiger partial charge in [-0.2, -0.15) is 0 Å². The maximum atomic E-state index is 12.3. The van der Waals surface area contributed by atoms with Crippen molar-refractivity contribution in [1.82, 2.24) is 0 Å². The van der Waals surface area contributed by atoms with E-state index < -0.39 is 0 Å². The van der Waals surface area contributed by atoms with Gasteiger partial charge >= 0.3 is 0 Å². The van der Waals surface area contributed by atoms with Crippen LogP contribution in [0.3, 0.4) is 0 Å². The zero-order valence-electron chi connectivity index (χ0n) is 15.2. The number of ether oxygens (including phenoxy) is 1. The molecule has 0 fully saturated rings. The van der Waals surface area contributed by atoms with Crippen LogP contribution in [-0.4, -0.2) is 18.8 Å². The summed E-state index contributed by atoms with van der Waals surface area (Å²) in [5.74, 6) is 0.439. The Balaban J connectivity index is 1.64. The highest BCUT2D eigenvalue weighted by molar-refractivity contribution is 9.10. The first-order valence-electron chi connectivity index (χ1n) is 8.59.